The molecule has 1 N–H and O–H groups in total. The Morgan fingerprint density at radius 3 is 2.50 bits per heavy atom. The third kappa shape index (κ3) is 4.38. The van der Waals surface area contributed by atoms with Gasteiger partial charge in [-0.05, 0) is 44.1 Å². The van der Waals surface area contributed by atoms with Gasteiger partial charge in [0.05, 0.1) is 0 Å². The lowest BCUT2D eigenvalue weighted by molar-refractivity contribution is -0.274. The minimum Gasteiger partial charge on any atom is -0.406 e. The Hall–Kier alpha value is -1.27. The molecule has 1 fully saturated rings. The predicted octanol–water partition coefficient (Wildman–Crippen LogP) is 2.94. The van der Waals surface area contributed by atoms with Crippen molar-refractivity contribution in [1.82, 2.24) is 10.2 Å². The van der Waals surface area contributed by atoms with Crippen molar-refractivity contribution in [3.63, 3.8) is 0 Å². The van der Waals surface area contributed by atoms with Gasteiger partial charge in [0.2, 0.25) is 0 Å². The average Bonchev–Trinajstić information content (AvgIpc) is 2.66. The van der Waals surface area contributed by atoms with Crippen LogP contribution in [0.2, 0.25) is 0 Å². The van der Waals surface area contributed by atoms with Crippen molar-refractivity contribution in [2.45, 2.75) is 25.7 Å². The van der Waals surface area contributed by atoms with Gasteiger partial charge in [-0.15, -0.1) is 13.2 Å². The summed E-state index contributed by atoms with van der Waals surface area (Å²) in [6, 6.07) is 6.33. The molecule has 0 saturated carbocycles. The van der Waals surface area contributed by atoms with Crippen LogP contribution in [-0.2, 0) is 0 Å². The van der Waals surface area contributed by atoms with Crippen LogP contribution in [0.4, 0.5) is 13.2 Å². The Balaban J connectivity index is 2.01. The summed E-state index contributed by atoms with van der Waals surface area (Å²) in [7, 11) is 0. The van der Waals surface area contributed by atoms with Crippen molar-refractivity contribution in [2.24, 2.45) is 0 Å². The second-order valence-corrected chi connectivity index (χ2v) is 4.93. The summed E-state index contributed by atoms with van der Waals surface area (Å²) >= 11 is 0. The molecule has 1 aromatic rings. The van der Waals surface area contributed by atoms with Gasteiger partial charge in [0.1, 0.15) is 5.75 Å². The van der Waals surface area contributed by atoms with Gasteiger partial charge in [0.15, 0.2) is 0 Å². The number of benzene rings is 1. The van der Waals surface area contributed by atoms with E-state index in [-0.39, 0.29) is 11.8 Å². The highest BCUT2D eigenvalue weighted by Gasteiger charge is 2.31. The molecular weight excluding hydrogens is 269 g/mol. The molecule has 1 aliphatic rings. The van der Waals surface area contributed by atoms with Crippen molar-refractivity contribution < 1.29 is 17.9 Å². The summed E-state index contributed by atoms with van der Waals surface area (Å²) in [5.41, 5.74) is 1.00. The van der Waals surface area contributed by atoms with Crippen molar-refractivity contribution >= 4 is 0 Å². The van der Waals surface area contributed by atoms with Crippen LogP contribution in [0.1, 0.15) is 24.9 Å². The number of halogens is 3. The lowest BCUT2D eigenvalue weighted by Crippen LogP contribution is -2.30. The first-order valence-electron chi connectivity index (χ1n) is 6.76. The first-order valence-corrected chi connectivity index (χ1v) is 6.76. The molecule has 3 nitrogen and oxygen atoms in total. The minimum absolute atomic E-state index is 0.175. The molecule has 1 aromatic carbocycles. The normalized spacial score (nSPS) is 19.4. The number of ether oxygens (including phenoxy) is 1. The van der Waals surface area contributed by atoms with Crippen LogP contribution >= 0.6 is 0 Å². The van der Waals surface area contributed by atoms with Crippen molar-refractivity contribution in [1.29, 1.82) is 0 Å². The molecule has 0 bridgehead atoms. The number of nitrogens with zero attached hydrogens (tertiary/aromatic N) is 1. The Morgan fingerprint density at radius 2 is 1.85 bits per heavy atom. The lowest BCUT2D eigenvalue weighted by atomic mass is 10.1. The highest BCUT2D eigenvalue weighted by atomic mass is 19.4. The molecule has 0 amide bonds. The maximum absolute atomic E-state index is 12.1. The minimum atomic E-state index is -4.64. The summed E-state index contributed by atoms with van der Waals surface area (Å²) in [6.07, 6.45) is -3.55. The third-order valence-corrected chi connectivity index (χ3v) is 3.52. The fourth-order valence-electron chi connectivity index (χ4n) is 2.41. The maximum Gasteiger partial charge on any atom is 0.573 e. The largest absolute Gasteiger partial charge is 0.573 e. The summed E-state index contributed by atoms with van der Waals surface area (Å²) < 4.78 is 40.2. The van der Waals surface area contributed by atoms with E-state index in [1.54, 1.807) is 12.1 Å². The van der Waals surface area contributed by atoms with Crippen LogP contribution in [0.5, 0.6) is 5.75 Å². The summed E-state index contributed by atoms with van der Waals surface area (Å²) in [5, 5.41) is 3.33. The molecule has 0 aliphatic carbocycles. The van der Waals surface area contributed by atoms with Crippen LogP contribution in [0.3, 0.4) is 0 Å². The predicted molar refractivity (Wildman–Crippen MR) is 70.6 cm³/mol. The van der Waals surface area contributed by atoms with E-state index in [1.165, 1.54) is 12.1 Å². The average molecular weight is 288 g/mol. The molecule has 112 valence electrons. The smallest absolute Gasteiger partial charge is 0.406 e. The van der Waals surface area contributed by atoms with Crippen molar-refractivity contribution in [3.05, 3.63) is 29.8 Å². The zero-order valence-corrected chi connectivity index (χ0v) is 11.4. The highest BCUT2D eigenvalue weighted by Crippen LogP contribution is 2.26. The van der Waals surface area contributed by atoms with Crippen LogP contribution in [0.25, 0.3) is 0 Å². The number of hydrogen-bond acceptors (Lipinski definition) is 3. The van der Waals surface area contributed by atoms with Gasteiger partial charge in [-0.3, -0.25) is 4.90 Å². The van der Waals surface area contributed by atoms with Gasteiger partial charge in [-0.25, -0.2) is 0 Å². The zero-order chi connectivity index (χ0) is 14.6. The third-order valence-electron chi connectivity index (χ3n) is 3.52. The molecule has 20 heavy (non-hydrogen) atoms. The first kappa shape index (κ1) is 15.1. The van der Waals surface area contributed by atoms with Crippen LogP contribution in [0, 0.1) is 0 Å². The monoisotopic (exact) mass is 288 g/mol. The molecule has 0 radical (unpaired) electrons. The Kier molecular flexibility index (Phi) is 4.88. The fraction of sp³-hybridized carbons (Fsp3) is 0.571. The van der Waals surface area contributed by atoms with Gasteiger partial charge in [0, 0.05) is 19.1 Å². The number of alkyl halides is 3. The number of nitrogens with one attached hydrogen (secondary N) is 1. The van der Waals surface area contributed by atoms with Crippen LogP contribution in [-0.4, -0.2) is 37.4 Å². The van der Waals surface area contributed by atoms with E-state index >= 15 is 0 Å². The fourth-order valence-corrected chi connectivity index (χ4v) is 2.41. The molecule has 0 aromatic heterocycles. The second-order valence-electron chi connectivity index (χ2n) is 4.93. The Morgan fingerprint density at radius 1 is 1.15 bits per heavy atom. The maximum atomic E-state index is 12.1. The standard InChI is InChI=1S/C14H19F3N2O/c1-11(19-9-2-7-18-8-10-19)12-3-5-13(6-4-12)20-14(15,16)17/h3-6,11,18H,2,7-10H2,1H3. The summed E-state index contributed by atoms with van der Waals surface area (Å²) in [6.45, 7) is 5.98. The lowest BCUT2D eigenvalue weighted by Gasteiger charge is -2.27. The number of rotatable bonds is 3. The van der Waals surface area contributed by atoms with Gasteiger partial charge in [-0.1, -0.05) is 12.1 Å². The molecule has 0 spiro atoms. The molecule has 1 aliphatic heterocycles. The van der Waals surface area contributed by atoms with Gasteiger partial charge >= 0.3 is 6.36 Å². The van der Waals surface area contributed by atoms with Gasteiger partial charge < -0.3 is 10.1 Å². The quantitative estimate of drug-likeness (QED) is 0.925. The van der Waals surface area contributed by atoms with Crippen LogP contribution < -0.4 is 10.1 Å². The molecular formula is C14H19F3N2O. The van der Waals surface area contributed by atoms with Crippen molar-refractivity contribution in [3.8, 4) is 5.75 Å². The molecule has 2 rings (SSSR count). The molecule has 1 saturated heterocycles. The van der Waals surface area contributed by atoms with E-state index in [9.17, 15) is 13.2 Å². The summed E-state index contributed by atoms with van der Waals surface area (Å²) in [5.74, 6) is -0.175. The molecule has 1 atom stereocenters. The second kappa shape index (κ2) is 6.45. The van der Waals surface area contributed by atoms with E-state index in [1.807, 2.05) is 0 Å². The topological polar surface area (TPSA) is 24.5 Å². The van der Waals surface area contributed by atoms with Gasteiger partial charge in [0.25, 0.3) is 0 Å². The van der Waals surface area contributed by atoms with E-state index in [0.717, 1.165) is 38.2 Å². The van der Waals surface area contributed by atoms with E-state index in [0.29, 0.717) is 0 Å². The first-order chi connectivity index (χ1) is 9.46. The number of hydrogen-bond donors (Lipinski definition) is 1. The Labute approximate surface area is 116 Å². The molecule has 1 heterocycles. The van der Waals surface area contributed by atoms with Crippen LogP contribution in [0.15, 0.2) is 24.3 Å². The SMILES string of the molecule is CC(c1ccc(OC(F)(F)F)cc1)N1CCCNCC1. The van der Waals surface area contributed by atoms with E-state index in [2.05, 4.69) is 21.9 Å². The van der Waals surface area contributed by atoms with Crippen molar-refractivity contribution in [2.75, 3.05) is 26.2 Å². The van der Waals surface area contributed by atoms with E-state index in [4.69, 9.17) is 0 Å². The van der Waals surface area contributed by atoms with E-state index < -0.39 is 6.36 Å². The van der Waals surface area contributed by atoms with Gasteiger partial charge in [-0.2, -0.15) is 0 Å². The Bertz CT molecular complexity index is 411. The zero-order valence-electron chi connectivity index (χ0n) is 11.4. The molecule has 1 unspecified atom stereocenters. The highest BCUT2D eigenvalue weighted by molar-refractivity contribution is 5.29. The summed E-state index contributed by atoms with van der Waals surface area (Å²) in [4.78, 5) is 2.33. The molecule has 6 heteroatoms.